The van der Waals surface area contributed by atoms with Crippen LogP contribution in [0, 0.1) is 0 Å². The number of benzene rings is 2. The zero-order chi connectivity index (χ0) is 21.3. The van der Waals surface area contributed by atoms with E-state index < -0.39 is 12.3 Å². The predicted octanol–water partition coefficient (Wildman–Crippen LogP) is 4.60. The molecule has 0 saturated carbocycles. The second-order valence-electron chi connectivity index (χ2n) is 6.05. The van der Waals surface area contributed by atoms with Crippen molar-refractivity contribution in [3.63, 3.8) is 0 Å². The summed E-state index contributed by atoms with van der Waals surface area (Å²) in [4.78, 5) is 16.8. The number of alkyl halides is 3. The minimum Gasteiger partial charge on any atom is -0.406 e. The Labute approximate surface area is 172 Å². The van der Waals surface area contributed by atoms with Gasteiger partial charge in [0.2, 0.25) is 0 Å². The first-order valence-electron chi connectivity index (χ1n) is 8.42. The average molecular weight is 434 g/mol. The third-order valence-corrected chi connectivity index (χ3v) is 4.21. The summed E-state index contributed by atoms with van der Waals surface area (Å²) >= 11 is 5.94. The molecule has 0 aliphatic rings. The normalized spacial score (nSPS) is 11.5. The summed E-state index contributed by atoms with van der Waals surface area (Å²) in [7, 11) is 0. The van der Waals surface area contributed by atoms with E-state index in [1.165, 1.54) is 28.9 Å². The van der Waals surface area contributed by atoms with Gasteiger partial charge in [-0.25, -0.2) is 0 Å². The fraction of sp³-hybridized carbons (Fsp3) is 0.0526. The van der Waals surface area contributed by atoms with E-state index in [0.717, 1.165) is 12.1 Å². The zero-order valence-electron chi connectivity index (χ0n) is 14.9. The van der Waals surface area contributed by atoms with Crippen molar-refractivity contribution in [3.8, 4) is 17.1 Å². The molecule has 0 radical (unpaired) electrons. The van der Waals surface area contributed by atoms with Crippen molar-refractivity contribution in [3.05, 3.63) is 71.6 Å². The van der Waals surface area contributed by atoms with Crippen LogP contribution in [0.2, 0.25) is 5.02 Å². The van der Waals surface area contributed by atoms with Crippen LogP contribution in [-0.2, 0) is 0 Å². The van der Waals surface area contributed by atoms with Gasteiger partial charge >= 0.3 is 6.36 Å². The third kappa shape index (κ3) is 4.18. The van der Waals surface area contributed by atoms with Gasteiger partial charge in [-0.2, -0.15) is 0 Å². The maximum absolute atomic E-state index is 12.8. The lowest BCUT2D eigenvalue weighted by Gasteiger charge is -2.10. The topological polar surface area (TPSA) is 81.4 Å². The summed E-state index contributed by atoms with van der Waals surface area (Å²) in [5.41, 5.74) is 1.33. The van der Waals surface area contributed by atoms with E-state index in [4.69, 9.17) is 11.6 Å². The number of amides is 1. The second kappa shape index (κ2) is 7.64. The molecule has 4 aromatic rings. The zero-order valence-corrected chi connectivity index (χ0v) is 15.6. The van der Waals surface area contributed by atoms with Crippen LogP contribution in [0.25, 0.3) is 17.0 Å². The van der Waals surface area contributed by atoms with Gasteiger partial charge in [-0.15, -0.1) is 23.4 Å². The van der Waals surface area contributed by atoms with Gasteiger partial charge in [-0.1, -0.05) is 17.7 Å². The Kier molecular flexibility index (Phi) is 5.00. The largest absolute Gasteiger partial charge is 0.573 e. The minimum atomic E-state index is -4.79. The number of halogens is 4. The van der Waals surface area contributed by atoms with Crippen LogP contribution in [-0.4, -0.2) is 31.9 Å². The summed E-state index contributed by atoms with van der Waals surface area (Å²) in [5, 5.41) is 11.2. The lowest BCUT2D eigenvalue weighted by molar-refractivity contribution is -0.274. The number of carbonyl (C=O) groups excluding carboxylic acids is 1. The van der Waals surface area contributed by atoms with E-state index in [1.807, 2.05) is 0 Å². The molecule has 0 saturated heterocycles. The highest BCUT2D eigenvalue weighted by Crippen LogP contribution is 2.26. The number of ether oxygens (including phenoxy) is 1. The fourth-order valence-electron chi connectivity index (χ4n) is 2.76. The maximum atomic E-state index is 12.8. The Balaban J connectivity index is 1.70. The summed E-state index contributed by atoms with van der Waals surface area (Å²) in [6.07, 6.45) is -2.05. The van der Waals surface area contributed by atoms with Crippen LogP contribution in [0.5, 0.6) is 5.75 Å². The highest BCUT2D eigenvalue weighted by molar-refractivity contribution is 6.30. The molecule has 11 heteroatoms. The smallest absolute Gasteiger partial charge is 0.406 e. The number of carbonyl (C=O) groups is 1. The van der Waals surface area contributed by atoms with Crippen molar-refractivity contribution in [2.45, 2.75) is 6.36 Å². The molecule has 0 aliphatic carbocycles. The first-order valence-corrected chi connectivity index (χ1v) is 8.80. The summed E-state index contributed by atoms with van der Waals surface area (Å²) in [5.74, 6) is -0.615. The van der Waals surface area contributed by atoms with Crippen molar-refractivity contribution < 1.29 is 22.7 Å². The number of nitrogens with zero attached hydrogens (tertiary/aromatic N) is 4. The molecular weight excluding hydrogens is 423 g/mol. The van der Waals surface area contributed by atoms with Gasteiger partial charge in [0.1, 0.15) is 11.4 Å². The molecule has 1 amide bonds. The van der Waals surface area contributed by atoms with Crippen LogP contribution >= 0.6 is 11.6 Å². The summed E-state index contributed by atoms with van der Waals surface area (Å²) < 4.78 is 42.4. The fourth-order valence-corrected chi connectivity index (χ4v) is 2.95. The molecule has 2 aromatic carbocycles. The van der Waals surface area contributed by atoms with E-state index in [0.29, 0.717) is 21.9 Å². The van der Waals surface area contributed by atoms with Crippen LogP contribution in [0.4, 0.5) is 18.9 Å². The standard InChI is InChI=1S/C19H11ClF3N5O2/c20-12-2-1-3-13(8-12)25-18(29)15-9-24-10-16-26-27-17(28(15)16)11-4-6-14(7-5-11)30-19(21,22)23/h1-10H,(H,25,29). The van der Waals surface area contributed by atoms with Gasteiger partial charge in [0.25, 0.3) is 5.91 Å². The molecule has 2 aromatic heterocycles. The van der Waals surface area contributed by atoms with Crippen molar-refractivity contribution >= 4 is 28.8 Å². The number of nitrogens with one attached hydrogen (secondary N) is 1. The van der Waals surface area contributed by atoms with Gasteiger partial charge in [0.15, 0.2) is 11.5 Å². The Bertz CT molecular complexity index is 1230. The van der Waals surface area contributed by atoms with E-state index in [2.05, 4.69) is 25.2 Å². The molecule has 2 heterocycles. The monoisotopic (exact) mass is 433 g/mol. The first kappa shape index (κ1) is 19.6. The summed E-state index contributed by atoms with van der Waals surface area (Å²) in [6.45, 7) is 0. The minimum absolute atomic E-state index is 0.128. The molecule has 0 spiro atoms. The van der Waals surface area contributed by atoms with Crippen molar-refractivity contribution in [1.82, 2.24) is 19.6 Å². The summed E-state index contributed by atoms with van der Waals surface area (Å²) in [6, 6.07) is 11.7. The molecule has 7 nitrogen and oxygen atoms in total. The number of hydrogen-bond donors (Lipinski definition) is 1. The van der Waals surface area contributed by atoms with Crippen LogP contribution in [0.1, 0.15) is 10.5 Å². The van der Waals surface area contributed by atoms with Gasteiger partial charge < -0.3 is 10.1 Å². The first-order chi connectivity index (χ1) is 14.3. The van der Waals surface area contributed by atoms with E-state index >= 15 is 0 Å². The number of fused-ring (bicyclic) bond motifs is 1. The third-order valence-electron chi connectivity index (χ3n) is 3.98. The molecule has 0 bridgehead atoms. The van der Waals surface area contributed by atoms with Gasteiger partial charge in [-0.05, 0) is 42.5 Å². The molecule has 152 valence electrons. The van der Waals surface area contributed by atoms with Crippen LogP contribution in [0.15, 0.2) is 60.9 Å². The maximum Gasteiger partial charge on any atom is 0.573 e. The van der Waals surface area contributed by atoms with Crippen molar-refractivity contribution in [2.75, 3.05) is 5.32 Å². The molecule has 30 heavy (non-hydrogen) atoms. The molecule has 0 unspecified atom stereocenters. The molecule has 0 aliphatic heterocycles. The lowest BCUT2D eigenvalue weighted by atomic mass is 10.2. The van der Waals surface area contributed by atoms with Gasteiger partial charge in [0, 0.05) is 16.3 Å². The predicted molar refractivity (Wildman–Crippen MR) is 102 cm³/mol. The second-order valence-corrected chi connectivity index (χ2v) is 6.48. The molecule has 1 N–H and O–H groups in total. The Morgan fingerprint density at radius 2 is 1.83 bits per heavy atom. The SMILES string of the molecule is O=C(Nc1cccc(Cl)c1)c1cncc2nnc(-c3ccc(OC(F)(F)F)cc3)n12. The molecular formula is C19H11ClF3N5O2. The van der Waals surface area contributed by atoms with Crippen LogP contribution < -0.4 is 10.1 Å². The molecule has 0 fully saturated rings. The highest BCUT2D eigenvalue weighted by Gasteiger charge is 2.31. The number of rotatable bonds is 4. The molecule has 0 atom stereocenters. The van der Waals surface area contributed by atoms with E-state index in [9.17, 15) is 18.0 Å². The highest BCUT2D eigenvalue weighted by atomic mass is 35.5. The lowest BCUT2D eigenvalue weighted by Crippen LogP contribution is -2.17. The average Bonchev–Trinajstić information content (AvgIpc) is 3.11. The van der Waals surface area contributed by atoms with Gasteiger partial charge in [-0.3, -0.25) is 14.2 Å². The van der Waals surface area contributed by atoms with Crippen molar-refractivity contribution in [1.29, 1.82) is 0 Å². The molecule has 4 rings (SSSR count). The number of hydrogen-bond acceptors (Lipinski definition) is 5. The Morgan fingerprint density at radius 3 is 2.53 bits per heavy atom. The van der Waals surface area contributed by atoms with E-state index in [-0.39, 0.29) is 17.3 Å². The Hall–Kier alpha value is -3.66. The number of anilines is 1. The van der Waals surface area contributed by atoms with Gasteiger partial charge in [0.05, 0.1) is 12.4 Å². The van der Waals surface area contributed by atoms with Crippen molar-refractivity contribution in [2.24, 2.45) is 0 Å². The van der Waals surface area contributed by atoms with E-state index in [1.54, 1.807) is 24.3 Å². The number of aromatic nitrogens is 4. The van der Waals surface area contributed by atoms with Crippen LogP contribution in [0.3, 0.4) is 0 Å². The quantitative estimate of drug-likeness (QED) is 0.509. The Morgan fingerprint density at radius 1 is 1.07 bits per heavy atom.